The smallest absolute Gasteiger partial charge is 0.330 e. The van der Waals surface area contributed by atoms with Crippen molar-refractivity contribution in [1.82, 2.24) is 0 Å². The molecule has 2 aromatic rings. The first kappa shape index (κ1) is 17.0. The Balaban J connectivity index is 2.61. The van der Waals surface area contributed by atoms with Crippen molar-refractivity contribution < 1.29 is 9.53 Å². The van der Waals surface area contributed by atoms with Crippen LogP contribution in [-0.2, 0) is 14.9 Å². The van der Waals surface area contributed by atoms with E-state index in [2.05, 4.69) is 16.9 Å². The maximum atomic E-state index is 11.3. The lowest BCUT2D eigenvalue weighted by Crippen LogP contribution is -2.26. The molecule has 2 aromatic carbocycles. The lowest BCUT2D eigenvalue weighted by atomic mass is 9.71. The lowest BCUT2D eigenvalue weighted by Gasteiger charge is -2.27. The first-order valence-electron chi connectivity index (χ1n) is 7.39. The molecule has 0 aromatic heterocycles. The van der Waals surface area contributed by atoms with E-state index in [1.54, 1.807) is 30.3 Å². The highest BCUT2D eigenvalue weighted by molar-refractivity contribution is 5.81. The molecule has 0 saturated carbocycles. The molecule has 4 heteroatoms. The molecule has 24 heavy (non-hydrogen) atoms. The number of nitriles is 2. The topological polar surface area (TPSA) is 73.9 Å². The minimum atomic E-state index is -1.06. The van der Waals surface area contributed by atoms with E-state index in [1.165, 1.54) is 13.2 Å². The SMILES string of the molecule is COC(=O)C=CCC(C#N)(c1ccccc1)c1ccccc1C#N. The van der Waals surface area contributed by atoms with E-state index in [0.717, 1.165) is 5.56 Å². The molecule has 2 rings (SSSR count). The van der Waals surface area contributed by atoms with Crippen molar-refractivity contribution in [3.8, 4) is 12.1 Å². The summed E-state index contributed by atoms with van der Waals surface area (Å²) >= 11 is 0. The van der Waals surface area contributed by atoms with Crippen LogP contribution >= 0.6 is 0 Å². The molecule has 0 saturated heterocycles. The molecule has 1 unspecified atom stereocenters. The summed E-state index contributed by atoms with van der Waals surface area (Å²) in [6, 6.07) is 20.8. The molecule has 0 aliphatic rings. The quantitative estimate of drug-likeness (QED) is 0.625. The molecule has 1 atom stereocenters. The average molecular weight is 316 g/mol. The normalized spacial score (nSPS) is 12.8. The van der Waals surface area contributed by atoms with Gasteiger partial charge in [0.15, 0.2) is 0 Å². The summed E-state index contributed by atoms with van der Waals surface area (Å²) in [5, 5.41) is 19.4. The number of hydrogen-bond acceptors (Lipinski definition) is 4. The predicted molar refractivity (Wildman–Crippen MR) is 89.8 cm³/mol. The fourth-order valence-corrected chi connectivity index (χ4v) is 2.63. The van der Waals surface area contributed by atoms with E-state index in [0.29, 0.717) is 11.1 Å². The van der Waals surface area contributed by atoms with Gasteiger partial charge in [-0.1, -0.05) is 54.6 Å². The van der Waals surface area contributed by atoms with Crippen molar-refractivity contribution in [2.24, 2.45) is 0 Å². The summed E-state index contributed by atoms with van der Waals surface area (Å²) in [5.41, 5.74) is 0.771. The minimum Gasteiger partial charge on any atom is -0.466 e. The van der Waals surface area contributed by atoms with Crippen LogP contribution in [0, 0.1) is 22.7 Å². The van der Waals surface area contributed by atoms with Crippen molar-refractivity contribution >= 4 is 5.97 Å². The Hall–Kier alpha value is -3.37. The van der Waals surface area contributed by atoms with Gasteiger partial charge in [0.05, 0.1) is 24.8 Å². The number of ether oxygens (including phenoxy) is 1. The zero-order valence-corrected chi connectivity index (χ0v) is 13.3. The minimum absolute atomic E-state index is 0.251. The van der Waals surface area contributed by atoms with E-state index < -0.39 is 11.4 Å². The molecular weight excluding hydrogens is 300 g/mol. The van der Waals surface area contributed by atoms with Gasteiger partial charge in [0, 0.05) is 6.08 Å². The Morgan fingerprint density at radius 3 is 2.42 bits per heavy atom. The third-order valence-corrected chi connectivity index (χ3v) is 3.84. The first-order chi connectivity index (χ1) is 11.7. The van der Waals surface area contributed by atoms with E-state index >= 15 is 0 Å². The van der Waals surface area contributed by atoms with Gasteiger partial charge in [-0.15, -0.1) is 0 Å². The average Bonchev–Trinajstić information content (AvgIpc) is 2.66. The van der Waals surface area contributed by atoms with Gasteiger partial charge in [-0.05, 0) is 23.6 Å². The van der Waals surface area contributed by atoms with Gasteiger partial charge in [0.1, 0.15) is 5.41 Å². The first-order valence-corrected chi connectivity index (χ1v) is 7.39. The molecule has 0 bridgehead atoms. The molecule has 0 N–H and O–H groups in total. The maximum Gasteiger partial charge on any atom is 0.330 e. The largest absolute Gasteiger partial charge is 0.466 e. The molecule has 0 fully saturated rings. The summed E-state index contributed by atoms with van der Waals surface area (Å²) in [5.74, 6) is -0.483. The number of carbonyl (C=O) groups excluding carboxylic acids is 1. The number of carbonyl (C=O) groups is 1. The van der Waals surface area contributed by atoms with E-state index in [9.17, 15) is 15.3 Å². The van der Waals surface area contributed by atoms with Crippen molar-refractivity contribution in [2.45, 2.75) is 11.8 Å². The Morgan fingerprint density at radius 1 is 1.12 bits per heavy atom. The molecule has 0 aliphatic heterocycles. The number of hydrogen-bond donors (Lipinski definition) is 0. The molecular formula is C20H16N2O2. The van der Waals surface area contributed by atoms with Gasteiger partial charge in [-0.2, -0.15) is 10.5 Å². The van der Waals surface area contributed by atoms with Crippen molar-refractivity contribution in [3.05, 3.63) is 83.4 Å². The van der Waals surface area contributed by atoms with Crippen LogP contribution in [0.1, 0.15) is 23.1 Å². The number of rotatable bonds is 5. The van der Waals surface area contributed by atoms with Crippen molar-refractivity contribution in [1.29, 1.82) is 10.5 Å². The van der Waals surface area contributed by atoms with Gasteiger partial charge in [0.2, 0.25) is 0 Å². The van der Waals surface area contributed by atoms with Gasteiger partial charge >= 0.3 is 5.97 Å². The number of benzene rings is 2. The molecule has 0 heterocycles. The highest BCUT2D eigenvalue weighted by Crippen LogP contribution is 2.37. The fourth-order valence-electron chi connectivity index (χ4n) is 2.63. The number of nitrogens with zero attached hydrogens (tertiary/aromatic N) is 2. The van der Waals surface area contributed by atoms with Crippen LogP contribution in [-0.4, -0.2) is 13.1 Å². The zero-order valence-electron chi connectivity index (χ0n) is 13.3. The second-order valence-electron chi connectivity index (χ2n) is 5.17. The number of allylic oxidation sites excluding steroid dienone is 1. The van der Waals surface area contributed by atoms with Gasteiger partial charge in [0.25, 0.3) is 0 Å². The van der Waals surface area contributed by atoms with Crippen LogP contribution in [0.15, 0.2) is 66.7 Å². The summed E-state index contributed by atoms with van der Waals surface area (Å²) < 4.78 is 4.59. The molecule has 4 nitrogen and oxygen atoms in total. The number of methoxy groups -OCH3 is 1. The lowest BCUT2D eigenvalue weighted by molar-refractivity contribution is -0.134. The fraction of sp³-hybridized carbons (Fsp3) is 0.150. The van der Waals surface area contributed by atoms with Crippen LogP contribution in [0.4, 0.5) is 0 Å². The standard InChI is InChI=1S/C20H16N2O2/c1-24-19(23)12-7-13-20(15-22,17-9-3-2-4-10-17)18-11-6-5-8-16(18)14-21/h2-12H,13H2,1H3. The van der Waals surface area contributed by atoms with Gasteiger partial charge in [-0.3, -0.25) is 0 Å². The Labute approximate surface area is 141 Å². The van der Waals surface area contributed by atoms with Crippen LogP contribution in [0.2, 0.25) is 0 Å². The van der Waals surface area contributed by atoms with E-state index in [-0.39, 0.29) is 6.42 Å². The molecule has 118 valence electrons. The summed E-state index contributed by atoms with van der Waals surface area (Å²) in [7, 11) is 1.30. The maximum absolute atomic E-state index is 11.3. The monoisotopic (exact) mass is 316 g/mol. The molecule has 0 aliphatic carbocycles. The second-order valence-corrected chi connectivity index (χ2v) is 5.17. The summed E-state index contributed by atoms with van der Waals surface area (Å²) in [4.78, 5) is 11.3. The van der Waals surface area contributed by atoms with Crippen molar-refractivity contribution in [2.75, 3.05) is 7.11 Å². The summed E-state index contributed by atoms with van der Waals surface area (Å²) in [6.07, 6.45) is 3.15. The van der Waals surface area contributed by atoms with Crippen LogP contribution in [0.25, 0.3) is 0 Å². The summed E-state index contributed by atoms with van der Waals surface area (Å²) in [6.45, 7) is 0. The van der Waals surface area contributed by atoms with Gasteiger partial charge in [-0.25, -0.2) is 4.79 Å². The second kappa shape index (κ2) is 7.76. The Bertz CT molecular complexity index is 829. The molecule has 0 spiro atoms. The predicted octanol–water partition coefficient (Wildman–Crippen LogP) is 3.49. The van der Waals surface area contributed by atoms with Crippen LogP contribution in [0.3, 0.4) is 0 Å². The Morgan fingerprint density at radius 2 is 1.79 bits per heavy atom. The highest BCUT2D eigenvalue weighted by atomic mass is 16.5. The Kier molecular flexibility index (Phi) is 5.49. The van der Waals surface area contributed by atoms with Crippen molar-refractivity contribution in [3.63, 3.8) is 0 Å². The molecule has 0 radical (unpaired) electrons. The van der Waals surface area contributed by atoms with E-state index in [1.807, 2.05) is 30.3 Å². The third-order valence-electron chi connectivity index (χ3n) is 3.84. The third kappa shape index (κ3) is 3.34. The van der Waals surface area contributed by atoms with Crippen LogP contribution < -0.4 is 0 Å². The zero-order chi connectivity index (χ0) is 17.4. The highest BCUT2D eigenvalue weighted by Gasteiger charge is 2.35. The van der Waals surface area contributed by atoms with E-state index in [4.69, 9.17) is 0 Å². The van der Waals surface area contributed by atoms with Crippen LogP contribution in [0.5, 0.6) is 0 Å². The molecule has 0 amide bonds. The number of esters is 1. The van der Waals surface area contributed by atoms with Gasteiger partial charge < -0.3 is 4.74 Å².